The van der Waals surface area contributed by atoms with Crippen LogP contribution in [0.4, 0.5) is 0 Å². The van der Waals surface area contributed by atoms with Gasteiger partial charge in [-0.15, -0.1) is 0 Å². The molecular weight excluding hydrogens is 376 g/mol. The van der Waals surface area contributed by atoms with Gasteiger partial charge in [0.25, 0.3) is 5.91 Å². The first kappa shape index (κ1) is 20.2. The van der Waals surface area contributed by atoms with Gasteiger partial charge in [-0.3, -0.25) is 14.2 Å². The maximum absolute atomic E-state index is 11.9. The number of ether oxygens (including phenoxy) is 2. The Balaban J connectivity index is 1.40. The fraction of sp³-hybridized carbons (Fsp3) is 0.286. The first-order valence-electron chi connectivity index (χ1n) is 9.21. The number of nitrogens with one attached hydrogen (secondary N) is 1. The molecule has 0 aliphatic rings. The molecule has 0 unspecified atom stereocenters. The van der Waals surface area contributed by atoms with Crippen LogP contribution in [0.5, 0.6) is 5.75 Å². The van der Waals surface area contributed by atoms with E-state index in [1.54, 1.807) is 31.4 Å². The highest BCUT2D eigenvalue weighted by Crippen LogP contribution is 2.17. The maximum atomic E-state index is 11.9. The zero-order valence-corrected chi connectivity index (χ0v) is 16.1. The summed E-state index contributed by atoms with van der Waals surface area (Å²) in [7, 11) is 1.59. The standard InChI is InChI=1S/C21H22N2O6/c1-27-17-8-4-2-6-15(17)10-12-22-19(24)14-28-20(25)11-13-23-16-7-3-5-9-18(16)29-21(23)26/h2-9H,10-14H2,1H3,(H,22,24). The van der Waals surface area contributed by atoms with E-state index in [1.807, 2.05) is 24.3 Å². The number of esters is 1. The monoisotopic (exact) mass is 398 g/mol. The predicted octanol–water partition coefficient (Wildman–Crippen LogP) is 1.90. The van der Waals surface area contributed by atoms with E-state index in [9.17, 15) is 14.4 Å². The highest BCUT2D eigenvalue weighted by molar-refractivity contribution is 5.80. The summed E-state index contributed by atoms with van der Waals surface area (Å²) in [6.45, 7) is 0.142. The number of para-hydroxylation sites is 3. The molecule has 29 heavy (non-hydrogen) atoms. The van der Waals surface area contributed by atoms with Crippen molar-refractivity contribution in [2.45, 2.75) is 19.4 Å². The minimum Gasteiger partial charge on any atom is -0.496 e. The van der Waals surface area contributed by atoms with Gasteiger partial charge >= 0.3 is 11.7 Å². The minimum absolute atomic E-state index is 0.0437. The lowest BCUT2D eigenvalue weighted by Crippen LogP contribution is -2.30. The Kier molecular flexibility index (Phi) is 6.67. The molecule has 1 heterocycles. The highest BCUT2D eigenvalue weighted by Gasteiger charge is 2.12. The molecule has 0 spiro atoms. The van der Waals surface area contributed by atoms with E-state index in [2.05, 4.69) is 5.32 Å². The lowest BCUT2D eigenvalue weighted by molar-refractivity contribution is -0.148. The molecule has 1 aromatic heterocycles. The van der Waals surface area contributed by atoms with Crippen LogP contribution in [0.3, 0.4) is 0 Å². The molecule has 3 aromatic rings. The number of fused-ring (bicyclic) bond motifs is 1. The highest BCUT2D eigenvalue weighted by atomic mass is 16.5. The summed E-state index contributed by atoms with van der Waals surface area (Å²) in [4.78, 5) is 35.6. The van der Waals surface area contributed by atoms with Gasteiger partial charge in [0.15, 0.2) is 12.2 Å². The number of rotatable bonds is 9. The Hall–Kier alpha value is -3.55. The van der Waals surface area contributed by atoms with Gasteiger partial charge in [0.1, 0.15) is 5.75 Å². The molecule has 0 bridgehead atoms. The number of aromatic nitrogens is 1. The number of oxazole rings is 1. The fourth-order valence-corrected chi connectivity index (χ4v) is 2.94. The number of nitrogens with zero attached hydrogens (tertiary/aromatic N) is 1. The van der Waals surface area contributed by atoms with Gasteiger partial charge in [-0.1, -0.05) is 30.3 Å². The second kappa shape index (κ2) is 9.59. The first-order chi connectivity index (χ1) is 14.1. The van der Waals surface area contributed by atoms with Crippen LogP contribution in [-0.2, 0) is 27.3 Å². The number of carbonyl (C=O) groups excluding carboxylic acids is 2. The normalized spacial score (nSPS) is 10.7. The van der Waals surface area contributed by atoms with E-state index in [1.165, 1.54) is 4.57 Å². The molecule has 3 rings (SSSR count). The number of methoxy groups -OCH3 is 1. The molecule has 0 aliphatic heterocycles. The fourth-order valence-electron chi connectivity index (χ4n) is 2.94. The lowest BCUT2D eigenvalue weighted by atomic mass is 10.1. The van der Waals surface area contributed by atoms with Gasteiger partial charge in [-0.05, 0) is 30.2 Å². The Bertz CT molecular complexity index is 1050. The van der Waals surface area contributed by atoms with Gasteiger partial charge in [0.05, 0.1) is 19.0 Å². The molecule has 0 saturated heterocycles. The molecule has 152 valence electrons. The van der Waals surface area contributed by atoms with Gasteiger partial charge in [-0.2, -0.15) is 0 Å². The van der Waals surface area contributed by atoms with Crippen molar-refractivity contribution in [3.63, 3.8) is 0 Å². The molecule has 8 heteroatoms. The van der Waals surface area contributed by atoms with Crippen molar-refractivity contribution in [2.24, 2.45) is 0 Å². The summed E-state index contributed by atoms with van der Waals surface area (Å²) in [6, 6.07) is 14.5. The summed E-state index contributed by atoms with van der Waals surface area (Å²) in [6.07, 6.45) is 0.554. The second-order valence-electron chi connectivity index (χ2n) is 6.31. The van der Waals surface area contributed by atoms with Crippen LogP contribution < -0.4 is 15.8 Å². The number of carbonyl (C=O) groups is 2. The van der Waals surface area contributed by atoms with E-state index in [4.69, 9.17) is 13.9 Å². The smallest absolute Gasteiger partial charge is 0.419 e. The third-order valence-electron chi connectivity index (χ3n) is 4.39. The quantitative estimate of drug-likeness (QED) is 0.553. The predicted molar refractivity (Wildman–Crippen MR) is 106 cm³/mol. The zero-order valence-electron chi connectivity index (χ0n) is 16.1. The van der Waals surface area contributed by atoms with Crippen molar-refractivity contribution >= 4 is 23.0 Å². The third kappa shape index (κ3) is 5.25. The van der Waals surface area contributed by atoms with Crippen molar-refractivity contribution < 1.29 is 23.5 Å². The summed E-state index contributed by atoms with van der Waals surface area (Å²) < 4.78 is 16.7. The summed E-state index contributed by atoms with van der Waals surface area (Å²) >= 11 is 0. The lowest BCUT2D eigenvalue weighted by Gasteiger charge is -2.09. The van der Waals surface area contributed by atoms with Crippen LogP contribution >= 0.6 is 0 Å². The van der Waals surface area contributed by atoms with Crippen LogP contribution in [0.25, 0.3) is 11.1 Å². The SMILES string of the molecule is COc1ccccc1CCNC(=O)COC(=O)CCn1c(=O)oc2ccccc21. The molecular formula is C21H22N2O6. The largest absolute Gasteiger partial charge is 0.496 e. The Morgan fingerprint density at radius 3 is 2.69 bits per heavy atom. The molecule has 1 N–H and O–H groups in total. The maximum Gasteiger partial charge on any atom is 0.419 e. The third-order valence-corrected chi connectivity index (χ3v) is 4.39. The summed E-state index contributed by atoms with van der Waals surface area (Å²) in [5.41, 5.74) is 2.05. The minimum atomic E-state index is -0.568. The Labute approximate surface area is 167 Å². The molecule has 0 atom stereocenters. The van der Waals surface area contributed by atoms with Gasteiger partial charge < -0.3 is 19.2 Å². The van der Waals surface area contributed by atoms with Crippen molar-refractivity contribution in [2.75, 3.05) is 20.3 Å². The van der Waals surface area contributed by atoms with Crippen LogP contribution in [0.2, 0.25) is 0 Å². The van der Waals surface area contributed by atoms with Crippen LogP contribution in [0.1, 0.15) is 12.0 Å². The molecule has 8 nitrogen and oxygen atoms in total. The zero-order chi connectivity index (χ0) is 20.6. The van der Waals surface area contributed by atoms with Gasteiger partial charge in [0, 0.05) is 13.1 Å². The molecule has 0 aliphatic carbocycles. The molecule has 1 amide bonds. The average molecular weight is 398 g/mol. The summed E-state index contributed by atoms with van der Waals surface area (Å²) in [5, 5.41) is 2.70. The number of hydrogen-bond donors (Lipinski definition) is 1. The van der Waals surface area contributed by atoms with E-state index < -0.39 is 11.7 Å². The topological polar surface area (TPSA) is 99.8 Å². The van der Waals surface area contributed by atoms with E-state index >= 15 is 0 Å². The van der Waals surface area contributed by atoms with Crippen molar-refractivity contribution in [1.29, 1.82) is 0 Å². The number of benzene rings is 2. The number of amides is 1. The number of aryl methyl sites for hydroxylation is 1. The van der Waals surface area contributed by atoms with Crippen molar-refractivity contribution in [3.05, 3.63) is 64.6 Å². The van der Waals surface area contributed by atoms with Gasteiger partial charge in [0.2, 0.25) is 0 Å². The van der Waals surface area contributed by atoms with Crippen molar-refractivity contribution in [1.82, 2.24) is 9.88 Å². The second-order valence-corrected chi connectivity index (χ2v) is 6.31. The molecule has 0 radical (unpaired) electrons. The molecule has 0 saturated carbocycles. The Morgan fingerprint density at radius 2 is 1.86 bits per heavy atom. The first-order valence-corrected chi connectivity index (χ1v) is 9.21. The van der Waals surface area contributed by atoms with E-state index in [-0.39, 0.29) is 25.5 Å². The van der Waals surface area contributed by atoms with Gasteiger partial charge in [-0.25, -0.2) is 4.79 Å². The van der Waals surface area contributed by atoms with E-state index in [0.717, 1.165) is 11.3 Å². The molecule has 0 fully saturated rings. The summed E-state index contributed by atoms with van der Waals surface area (Å²) in [5.74, 6) is -0.732. The molecule has 2 aromatic carbocycles. The Morgan fingerprint density at radius 1 is 1.10 bits per heavy atom. The number of hydrogen-bond acceptors (Lipinski definition) is 6. The van der Waals surface area contributed by atoms with Crippen LogP contribution in [-0.4, -0.2) is 36.7 Å². The van der Waals surface area contributed by atoms with Crippen LogP contribution in [0, 0.1) is 0 Å². The van der Waals surface area contributed by atoms with Crippen molar-refractivity contribution in [3.8, 4) is 5.75 Å². The van der Waals surface area contributed by atoms with Crippen LogP contribution in [0.15, 0.2) is 57.7 Å². The van der Waals surface area contributed by atoms with E-state index in [0.29, 0.717) is 24.1 Å². The average Bonchev–Trinajstić information content (AvgIpc) is 3.06.